The van der Waals surface area contributed by atoms with E-state index in [1.54, 1.807) is 4.90 Å². The quantitative estimate of drug-likeness (QED) is 0.589. The predicted octanol–water partition coefficient (Wildman–Crippen LogP) is 2.75. The molecule has 138 valence electrons. The number of H-pyrrole nitrogens is 1. The summed E-state index contributed by atoms with van der Waals surface area (Å²) in [5.41, 5.74) is 8.43. The fourth-order valence-electron chi connectivity index (χ4n) is 2.84. The standard InChI is InChI=1S/C18H23N5O2S/c1-3-23(4-2)16(24)11-26-18-22-21-17(25-18)14(19)9-12-10-20-15-8-6-5-7-13(12)15/h5-8,10,14,20H,3-4,9,11,19H2,1-2H3/t14-/m0/s1. The fourth-order valence-corrected chi connectivity index (χ4v) is 3.52. The minimum atomic E-state index is -0.394. The molecule has 2 heterocycles. The van der Waals surface area contributed by atoms with Gasteiger partial charge in [-0.05, 0) is 31.9 Å². The predicted molar refractivity (Wildman–Crippen MR) is 102 cm³/mol. The van der Waals surface area contributed by atoms with Crippen molar-refractivity contribution in [1.29, 1.82) is 0 Å². The van der Waals surface area contributed by atoms with Crippen LogP contribution in [0.1, 0.15) is 31.3 Å². The third kappa shape index (κ3) is 4.08. The van der Waals surface area contributed by atoms with Crippen LogP contribution in [0.3, 0.4) is 0 Å². The number of carbonyl (C=O) groups excluding carboxylic acids is 1. The molecular weight excluding hydrogens is 350 g/mol. The molecule has 0 unspecified atom stereocenters. The lowest BCUT2D eigenvalue weighted by molar-refractivity contribution is -0.127. The van der Waals surface area contributed by atoms with Gasteiger partial charge in [-0.3, -0.25) is 4.79 Å². The Kier molecular flexibility index (Phi) is 5.95. The summed E-state index contributed by atoms with van der Waals surface area (Å²) < 4.78 is 5.64. The van der Waals surface area contributed by atoms with E-state index in [1.165, 1.54) is 11.8 Å². The lowest BCUT2D eigenvalue weighted by Crippen LogP contribution is -2.31. The van der Waals surface area contributed by atoms with Gasteiger partial charge in [-0.1, -0.05) is 30.0 Å². The van der Waals surface area contributed by atoms with Crippen molar-refractivity contribution >= 4 is 28.6 Å². The van der Waals surface area contributed by atoms with E-state index in [9.17, 15) is 4.79 Å². The molecular formula is C18H23N5O2S. The lowest BCUT2D eigenvalue weighted by atomic mass is 10.1. The number of thioether (sulfide) groups is 1. The minimum Gasteiger partial charge on any atom is -0.414 e. The Balaban J connectivity index is 1.61. The molecule has 3 N–H and O–H groups in total. The molecule has 2 aromatic heterocycles. The maximum atomic E-state index is 12.0. The average Bonchev–Trinajstić information content (AvgIpc) is 3.29. The summed E-state index contributed by atoms with van der Waals surface area (Å²) >= 11 is 1.24. The summed E-state index contributed by atoms with van der Waals surface area (Å²) in [6.45, 7) is 5.31. The van der Waals surface area contributed by atoms with Crippen LogP contribution in [0.5, 0.6) is 0 Å². The number of fused-ring (bicyclic) bond motifs is 1. The van der Waals surface area contributed by atoms with Crippen LogP contribution in [0.15, 0.2) is 40.1 Å². The highest BCUT2D eigenvalue weighted by atomic mass is 32.2. The van der Waals surface area contributed by atoms with E-state index in [-0.39, 0.29) is 11.7 Å². The molecule has 0 bridgehead atoms. The number of nitrogens with zero attached hydrogens (tertiary/aromatic N) is 3. The van der Waals surface area contributed by atoms with E-state index in [4.69, 9.17) is 10.2 Å². The summed E-state index contributed by atoms with van der Waals surface area (Å²) in [6, 6.07) is 7.68. The number of amides is 1. The molecule has 8 heteroatoms. The first-order valence-electron chi connectivity index (χ1n) is 8.66. The SMILES string of the molecule is CCN(CC)C(=O)CSc1nnc([C@@H](N)Cc2c[nH]c3ccccc23)o1. The highest BCUT2D eigenvalue weighted by Gasteiger charge is 2.18. The molecule has 1 atom stereocenters. The Hall–Kier alpha value is -2.32. The normalized spacial score (nSPS) is 12.4. The molecule has 0 aliphatic carbocycles. The Morgan fingerprint density at radius 2 is 2.08 bits per heavy atom. The lowest BCUT2D eigenvalue weighted by Gasteiger charge is -2.17. The Morgan fingerprint density at radius 3 is 2.85 bits per heavy atom. The molecule has 0 spiro atoms. The maximum absolute atomic E-state index is 12.0. The van der Waals surface area contributed by atoms with Crippen LogP contribution >= 0.6 is 11.8 Å². The van der Waals surface area contributed by atoms with Crippen molar-refractivity contribution in [3.63, 3.8) is 0 Å². The van der Waals surface area contributed by atoms with E-state index in [0.29, 0.717) is 30.6 Å². The van der Waals surface area contributed by atoms with Gasteiger partial charge in [0.2, 0.25) is 11.8 Å². The van der Waals surface area contributed by atoms with Crippen LogP contribution in [0.2, 0.25) is 0 Å². The van der Waals surface area contributed by atoms with Crippen LogP contribution in [0, 0.1) is 0 Å². The third-order valence-electron chi connectivity index (χ3n) is 4.29. The van der Waals surface area contributed by atoms with Crippen molar-refractivity contribution in [2.45, 2.75) is 31.5 Å². The molecule has 0 saturated heterocycles. The summed E-state index contributed by atoms with van der Waals surface area (Å²) in [4.78, 5) is 17.0. The number of nitrogens with one attached hydrogen (secondary N) is 1. The Morgan fingerprint density at radius 1 is 1.31 bits per heavy atom. The van der Waals surface area contributed by atoms with Gasteiger partial charge in [-0.2, -0.15) is 0 Å². The summed E-state index contributed by atoms with van der Waals surface area (Å²) in [7, 11) is 0. The van der Waals surface area contributed by atoms with Gasteiger partial charge in [0, 0.05) is 30.2 Å². The van der Waals surface area contributed by atoms with E-state index in [0.717, 1.165) is 16.5 Å². The molecule has 0 aliphatic rings. The van der Waals surface area contributed by atoms with E-state index < -0.39 is 6.04 Å². The van der Waals surface area contributed by atoms with Crippen LogP contribution < -0.4 is 5.73 Å². The van der Waals surface area contributed by atoms with Gasteiger partial charge in [0.15, 0.2) is 0 Å². The maximum Gasteiger partial charge on any atom is 0.277 e. The van der Waals surface area contributed by atoms with E-state index in [2.05, 4.69) is 21.2 Å². The number of rotatable bonds is 8. The molecule has 0 fully saturated rings. The minimum absolute atomic E-state index is 0.0582. The Bertz CT molecular complexity index is 871. The first-order chi connectivity index (χ1) is 12.6. The number of nitrogens with two attached hydrogens (primary N) is 1. The molecule has 0 radical (unpaired) electrons. The third-order valence-corrected chi connectivity index (χ3v) is 5.09. The summed E-state index contributed by atoms with van der Waals surface area (Å²) in [6.07, 6.45) is 2.55. The zero-order valence-corrected chi connectivity index (χ0v) is 15.8. The summed E-state index contributed by atoms with van der Waals surface area (Å²) in [5, 5.41) is 9.55. The number of benzene rings is 1. The first-order valence-corrected chi connectivity index (χ1v) is 9.65. The topological polar surface area (TPSA) is 101 Å². The zero-order chi connectivity index (χ0) is 18.5. The van der Waals surface area contributed by atoms with Gasteiger partial charge in [-0.25, -0.2) is 0 Å². The van der Waals surface area contributed by atoms with Crippen molar-refractivity contribution in [3.05, 3.63) is 41.9 Å². The first kappa shape index (κ1) is 18.5. The van der Waals surface area contributed by atoms with Crippen molar-refractivity contribution in [3.8, 4) is 0 Å². The van der Waals surface area contributed by atoms with Gasteiger partial charge in [0.25, 0.3) is 5.22 Å². The molecule has 0 saturated carbocycles. The van der Waals surface area contributed by atoms with E-state index >= 15 is 0 Å². The molecule has 1 aromatic carbocycles. The summed E-state index contributed by atoms with van der Waals surface area (Å²) in [5.74, 6) is 0.719. The van der Waals surface area contributed by atoms with E-state index in [1.807, 2.05) is 38.2 Å². The monoisotopic (exact) mass is 373 g/mol. The molecule has 3 aromatic rings. The van der Waals surface area contributed by atoms with Crippen LogP contribution in [0.25, 0.3) is 10.9 Å². The average molecular weight is 373 g/mol. The van der Waals surface area contributed by atoms with Crippen LogP contribution in [-0.4, -0.2) is 44.8 Å². The van der Waals surface area contributed by atoms with Crippen LogP contribution in [-0.2, 0) is 11.2 Å². The largest absolute Gasteiger partial charge is 0.414 e. The second-order valence-electron chi connectivity index (χ2n) is 5.93. The van der Waals surface area contributed by atoms with Gasteiger partial charge < -0.3 is 20.0 Å². The number of carbonyl (C=O) groups is 1. The second-order valence-corrected chi connectivity index (χ2v) is 6.86. The van der Waals surface area contributed by atoms with Gasteiger partial charge in [-0.15, -0.1) is 10.2 Å². The van der Waals surface area contributed by atoms with Crippen molar-refractivity contribution in [2.75, 3.05) is 18.8 Å². The number of para-hydroxylation sites is 1. The van der Waals surface area contributed by atoms with Crippen molar-refractivity contribution < 1.29 is 9.21 Å². The number of aromatic nitrogens is 3. The second kappa shape index (κ2) is 8.37. The zero-order valence-electron chi connectivity index (χ0n) is 14.9. The smallest absolute Gasteiger partial charge is 0.277 e. The van der Waals surface area contributed by atoms with Gasteiger partial charge in [0.05, 0.1) is 11.8 Å². The molecule has 26 heavy (non-hydrogen) atoms. The number of hydrogen-bond acceptors (Lipinski definition) is 6. The number of hydrogen-bond donors (Lipinski definition) is 2. The fraction of sp³-hybridized carbons (Fsp3) is 0.389. The highest BCUT2D eigenvalue weighted by Crippen LogP contribution is 2.24. The van der Waals surface area contributed by atoms with Crippen molar-refractivity contribution in [2.24, 2.45) is 5.73 Å². The molecule has 3 rings (SSSR count). The molecule has 0 aliphatic heterocycles. The number of aromatic amines is 1. The molecule has 1 amide bonds. The van der Waals surface area contributed by atoms with Gasteiger partial charge >= 0.3 is 0 Å². The van der Waals surface area contributed by atoms with Crippen LogP contribution in [0.4, 0.5) is 0 Å². The Labute approximate surface area is 156 Å². The highest BCUT2D eigenvalue weighted by molar-refractivity contribution is 7.99. The van der Waals surface area contributed by atoms with Crippen molar-refractivity contribution in [1.82, 2.24) is 20.1 Å². The molecule has 7 nitrogen and oxygen atoms in total. The van der Waals surface area contributed by atoms with Gasteiger partial charge in [0.1, 0.15) is 0 Å².